The highest BCUT2D eigenvalue weighted by Crippen LogP contribution is 2.22. The first kappa shape index (κ1) is 14.5. The van der Waals surface area contributed by atoms with Gasteiger partial charge in [-0.15, -0.1) is 0 Å². The van der Waals surface area contributed by atoms with Crippen molar-refractivity contribution in [3.8, 4) is 0 Å². The number of rotatable bonds is 5. The molecule has 0 spiro atoms. The lowest BCUT2D eigenvalue weighted by Crippen LogP contribution is -2.36. The fraction of sp³-hybridized carbons (Fsp3) is 0.750. The second kappa shape index (κ2) is 5.38. The van der Waals surface area contributed by atoms with E-state index in [0.29, 0.717) is 13.1 Å². The Morgan fingerprint density at radius 3 is 2.47 bits per heavy atom. The number of nitrogens with zero attached hydrogens (tertiary/aromatic N) is 3. The summed E-state index contributed by atoms with van der Waals surface area (Å²) in [6, 6.07) is 0. The number of hydrogen-bond donors (Lipinski definition) is 1. The molecule has 0 atom stereocenters. The van der Waals surface area contributed by atoms with Crippen molar-refractivity contribution in [3.63, 3.8) is 0 Å². The van der Waals surface area contributed by atoms with Crippen molar-refractivity contribution < 1.29 is 5.11 Å². The number of aromatic nitrogens is 2. The van der Waals surface area contributed by atoms with Crippen molar-refractivity contribution in [2.24, 2.45) is 7.05 Å². The van der Waals surface area contributed by atoms with Crippen molar-refractivity contribution in [2.45, 2.75) is 39.3 Å². The average Bonchev–Trinajstić information content (AvgIpc) is 2.42. The highest BCUT2D eigenvalue weighted by Gasteiger charge is 2.19. The predicted octanol–water partition coefficient (Wildman–Crippen LogP) is 1.84. The van der Waals surface area contributed by atoms with Crippen LogP contribution in [0, 0.1) is 0 Å². The standard InChI is InChI=1S/C12H22ClN3O/c1-6-9-11(13)10(16(5)14-9)7-15(4)8-12(2,3)17/h17H,6-8H2,1-5H3. The van der Waals surface area contributed by atoms with Gasteiger partial charge < -0.3 is 5.11 Å². The van der Waals surface area contributed by atoms with Crippen molar-refractivity contribution in [3.05, 3.63) is 16.4 Å². The molecule has 0 aliphatic heterocycles. The molecular formula is C12H22ClN3O. The molecule has 1 aromatic rings. The second-order valence-electron chi connectivity index (χ2n) is 5.17. The topological polar surface area (TPSA) is 41.3 Å². The molecule has 0 aliphatic rings. The van der Waals surface area contributed by atoms with E-state index in [1.54, 1.807) is 13.8 Å². The summed E-state index contributed by atoms with van der Waals surface area (Å²) in [5.74, 6) is 0. The number of likely N-dealkylation sites (N-methyl/N-ethyl adjacent to an activating group) is 1. The molecule has 0 unspecified atom stereocenters. The van der Waals surface area contributed by atoms with Crippen molar-refractivity contribution in [1.29, 1.82) is 0 Å². The summed E-state index contributed by atoms with van der Waals surface area (Å²) in [6.45, 7) is 6.92. The summed E-state index contributed by atoms with van der Waals surface area (Å²) >= 11 is 6.27. The van der Waals surface area contributed by atoms with Crippen LogP contribution >= 0.6 is 11.6 Å². The normalized spacial score (nSPS) is 12.5. The van der Waals surface area contributed by atoms with E-state index in [4.69, 9.17) is 11.6 Å². The van der Waals surface area contributed by atoms with E-state index in [1.165, 1.54) is 0 Å². The first-order chi connectivity index (χ1) is 7.74. The highest BCUT2D eigenvalue weighted by atomic mass is 35.5. The lowest BCUT2D eigenvalue weighted by molar-refractivity contribution is 0.0418. The van der Waals surface area contributed by atoms with Gasteiger partial charge >= 0.3 is 0 Å². The van der Waals surface area contributed by atoms with Gasteiger partial charge in [0.1, 0.15) is 0 Å². The third kappa shape index (κ3) is 3.98. The molecule has 1 heterocycles. The fourth-order valence-corrected chi connectivity index (χ4v) is 2.32. The Bertz CT molecular complexity index is 382. The van der Waals surface area contributed by atoms with Crippen molar-refractivity contribution >= 4 is 11.6 Å². The molecule has 0 amide bonds. The summed E-state index contributed by atoms with van der Waals surface area (Å²) in [5, 5.41) is 14.9. The minimum atomic E-state index is -0.701. The Labute approximate surface area is 108 Å². The second-order valence-corrected chi connectivity index (χ2v) is 5.55. The van der Waals surface area contributed by atoms with Gasteiger partial charge in [0.15, 0.2) is 0 Å². The maximum Gasteiger partial charge on any atom is 0.0863 e. The summed E-state index contributed by atoms with van der Waals surface area (Å²) in [5.41, 5.74) is 1.23. The first-order valence-corrected chi connectivity index (χ1v) is 6.23. The van der Waals surface area contributed by atoms with Gasteiger partial charge in [0.05, 0.1) is 22.0 Å². The molecule has 17 heavy (non-hydrogen) atoms. The van der Waals surface area contributed by atoms with Gasteiger partial charge in [-0.3, -0.25) is 9.58 Å². The van der Waals surface area contributed by atoms with Crippen LogP contribution in [-0.2, 0) is 20.0 Å². The van der Waals surface area contributed by atoms with E-state index in [9.17, 15) is 5.11 Å². The summed E-state index contributed by atoms with van der Waals surface area (Å²) in [4.78, 5) is 2.04. The number of aryl methyl sites for hydroxylation is 2. The molecule has 4 nitrogen and oxygen atoms in total. The smallest absolute Gasteiger partial charge is 0.0863 e. The first-order valence-electron chi connectivity index (χ1n) is 5.85. The Kier molecular flexibility index (Phi) is 4.58. The fourth-order valence-electron chi connectivity index (χ4n) is 1.96. The number of halogens is 1. The third-order valence-electron chi connectivity index (χ3n) is 2.58. The zero-order chi connectivity index (χ0) is 13.2. The minimum absolute atomic E-state index is 0.593. The molecule has 1 aromatic heterocycles. The minimum Gasteiger partial charge on any atom is -0.389 e. The van der Waals surface area contributed by atoms with Crippen molar-refractivity contribution in [1.82, 2.24) is 14.7 Å². The van der Waals surface area contributed by atoms with Crippen LogP contribution in [0.2, 0.25) is 5.02 Å². The molecular weight excluding hydrogens is 238 g/mol. The SMILES string of the molecule is CCc1nn(C)c(CN(C)CC(C)(C)O)c1Cl. The molecule has 0 fully saturated rings. The van der Waals surface area contributed by atoms with Crippen LogP contribution in [0.15, 0.2) is 0 Å². The third-order valence-corrected chi connectivity index (χ3v) is 3.02. The van der Waals surface area contributed by atoms with Crippen molar-refractivity contribution in [2.75, 3.05) is 13.6 Å². The molecule has 1 rings (SSSR count). The van der Waals surface area contributed by atoms with Gasteiger partial charge in [-0.2, -0.15) is 5.10 Å². The molecule has 0 aromatic carbocycles. The monoisotopic (exact) mass is 259 g/mol. The van der Waals surface area contributed by atoms with Gasteiger partial charge in [0.2, 0.25) is 0 Å². The Hall–Kier alpha value is -0.580. The van der Waals surface area contributed by atoms with Crippen LogP contribution in [0.1, 0.15) is 32.2 Å². The number of aliphatic hydroxyl groups is 1. The highest BCUT2D eigenvalue weighted by molar-refractivity contribution is 6.31. The molecule has 0 aliphatic carbocycles. The maximum absolute atomic E-state index is 9.76. The van der Waals surface area contributed by atoms with Gasteiger partial charge in [-0.05, 0) is 27.3 Å². The zero-order valence-electron chi connectivity index (χ0n) is 11.3. The van der Waals surface area contributed by atoms with E-state index in [0.717, 1.165) is 22.8 Å². The van der Waals surface area contributed by atoms with Gasteiger partial charge in [0.25, 0.3) is 0 Å². The van der Waals surface area contributed by atoms with Gasteiger partial charge in [-0.1, -0.05) is 18.5 Å². The van der Waals surface area contributed by atoms with Gasteiger partial charge in [-0.25, -0.2) is 0 Å². The predicted molar refractivity (Wildman–Crippen MR) is 70.2 cm³/mol. The largest absolute Gasteiger partial charge is 0.389 e. The molecule has 1 N–H and O–H groups in total. The number of hydrogen-bond acceptors (Lipinski definition) is 3. The summed E-state index contributed by atoms with van der Waals surface area (Å²) < 4.78 is 1.82. The van der Waals surface area contributed by atoms with E-state index in [-0.39, 0.29) is 0 Å². The average molecular weight is 260 g/mol. The van der Waals surface area contributed by atoms with Crippen LogP contribution in [0.5, 0.6) is 0 Å². The lowest BCUT2D eigenvalue weighted by atomic mass is 10.1. The van der Waals surface area contributed by atoms with E-state index in [1.807, 2.05) is 30.6 Å². The molecule has 5 heteroatoms. The van der Waals surface area contributed by atoms with E-state index < -0.39 is 5.60 Å². The van der Waals surface area contributed by atoms with Crippen LogP contribution in [-0.4, -0.2) is 39.0 Å². The molecule has 0 saturated heterocycles. The van der Waals surface area contributed by atoms with Crippen LogP contribution in [0.4, 0.5) is 0 Å². The lowest BCUT2D eigenvalue weighted by Gasteiger charge is -2.25. The van der Waals surface area contributed by atoms with Crippen LogP contribution in [0.3, 0.4) is 0 Å². The van der Waals surface area contributed by atoms with Crippen LogP contribution < -0.4 is 0 Å². The maximum atomic E-state index is 9.76. The molecule has 98 valence electrons. The quantitative estimate of drug-likeness (QED) is 0.877. The van der Waals surface area contributed by atoms with Gasteiger partial charge in [0, 0.05) is 20.1 Å². The zero-order valence-corrected chi connectivity index (χ0v) is 12.0. The Morgan fingerprint density at radius 1 is 1.47 bits per heavy atom. The van der Waals surface area contributed by atoms with Crippen LogP contribution in [0.25, 0.3) is 0 Å². The Balaban J connectivity index is 2.78. The van der Waals surface area contributed by atoms with E-state index >= 15 is 0 Å². The summed E-state index contributed by atoms with van der Waals surface area (Å²) in [7, 11) is 3.87. The molecule has 0 saturated carbocycles. The molecule has 0 radical (unpaired) electrons. The Morgan fingerprint density at radius 2 is 2.06 bits per heavy atom. The molecule has 0 bridgehead atoms. The van der Waals surface area contributed by atoms with E-state index in [2.05, 4.69) is 5.10 Å². The summed E-state index contributed by atoms with van der Waals surface area (Å²) in [6.07, 6.45) is 0.835.